The summed E-state index contributed by atoms with van der Waals surface area (Å²) >= 11 is 0.868. The summed E-state index contributed by atoms with van der Waals surface area (Å²) in [5, 5.41) is 12.7. The summed E-state index contributed by atoms with van der Waals surface area (Å²) in [6.07, 6.45) is -0.703. The largest absolute Gasteiger partial charge is 0.477 e. The van der Waals surface area contributed by atoms with Gasteiger partial charge < -0.3 is 15.2 Å². The van der Waals surface area contributed by atoms with Crippen molar-refractivity contribution in [2.75, 3.05) is 17.3 Å². The number of thiazole rings is 1. The summed E-state index contributed by atoms with van der Waals surface area (Å²) in [5.41, 5.74) is -1.02. The van der Waals surface area contributed by atoms with Crippen molar-refractivity contribution in [2.24, 2.45) is 7.05 Å². The van der Waals surface area contributed by atoms with Crippen molar-refractivity contribution in [1.82, 2.24) is 9.55 Å². The predicted octanol–water partition coefficient (Wildman–Crippen LogP) is 4.26. The number of amides is 1. The Morgan fingerprint density at radius 1 is 1.31 bits per heavy atom. The molecule has 2 aromatic heterocycles. The van der Waals surface area contributed by atoms with Gasteiger partial charge in [0.25, 0.3) is 5.56 Å². The summed E-state index contributed by atoms with van der Waals surface area (Å²) in [5.74, 6) is -2.09. The molecule has 0 bridgehead atoms. The minimum atomic E-state index is -1.36. The van der Waals surface area contributed by atoms with Crippen LogP contribution in [0.25, 0.3) is 10.2 Å². The molecule has 0 aliphatic carbocycles. The van der Waals surface area contributed by atoms with Gasteiger partial charge in [-0.1, -0.05) is 17.4 Å². The number of aromatic nitrogens is 2. The number of benzene rings is 1. The molecule has 0 saturated carbocycles. The molecule has 3 rings (SSSR count). The monoisotopic (exact) mass is 462 g/mol. The Morgan fingerprint density at radius 2 is 1.97 bits per heavy atom. The third-order valence-electron chi connectivity index (χ3n) is 4.47. The van der Waals surface area contributed by atoms with Crippen molar-refractivity contribution < 1.29 is 23.8 Å². The Bertz CT molecular complexity index is 1290. The second kappa shape index (κ2) is 8.23. The fraction of sp³-hybridized carbons (Fsp3) is 0.333. The molecule has 3 aromatic rings. The number of hydrogen-bond donors (Lipinski definition) is 2. The molecule has 170 valence electrons. The van der Waals surface area contributed by atoms with Gasteiger partial charge in [0.2, 0.25) is 0 Å². The molecule has 0 unspecified atom stereocenters. The Kier molecular flexibility index (Phi) is 5.96. The first kappa shape index (κ1) is 23.2. The standard InChI is InChI=1S/C21H23FN4O5S/c1-10-7-8-12(11(22)9-10)23-16-13(18(28)29)14-15(17(27)25(16)5)32-19(24-14)26(6)20(30)31-21(2,3)4/h7-9,23H,1-6H3,(H,28,29). The third-order valence-corrected chi connectivity index (χ3v) is 5.59. The van der Waals surface area contributed by atoms with Crippen LogP contribution in [0.3, 0.4) is 0 Å². The van der Waals surface area contributed by atoms with Gasteiger partial charge in [0.15, 0.2) is 5.13 Å². The van der Waals surface area contributed by atoms with Crippen molar-refractivity contribution in [1.29, 1.82) is 0 Å². The predicted molar refractivity (Wildman–Crippen MR) is 121 cm³/mol. The first-order valence-corrected chi connectivity index (χ1v) is 10.4. The van der Waals surface area contributed by atoms with Gasteiger partial charge in [-0.05, 0) is 45.4 Å². The number of anilines is 3. The lowest BCUT2D eigenvalue weighted by Crippen LogP contribution is -2.34. The summed E-state index contributed by atoms with van der Waals surface area (Å²) < 4.78 is 20.8. The van der Waals surface area contributed by atoms with Gasteiger partial charge in [0, 0.05) is 14.1 Å². The number of pyridine rings is 1. The van der Waals surface area contributed by atoms with Crippen molar-refractivity contribution in [3.05, 3.63) is 45.5 Å². The molecule has 32 heavy (non-hydrogen) atoms. The van der Waals surface area contributed by atoms with E-state index >= 15 is 0 Å². The zero-order chi connectivity index (χ0) is 24.0. The number of aromatic carboxylic acids is 1. The van der Waals surface area contributed by atoms with Crippen LogP contribution in [0, 0.1) is 12.7 Å². The number of ether oxygens (including phenoxy) is 1. The van der Waals surface area contributed by atoms with Gasteiger partial charge in [0.05, 0.1) is 5.69 Å². The Balaban J connectivity index is 2.17. The Labute approximate surface area is 187 Å². The SMILES string of the molecule is Cc1ccc(Nc2c(C(=O)O)c3nc(N(C)C(=O)OC(C)(C)C)sc3c(=O)n2C)c(F)c1. The van der Waals surface area contributed by atoms with Crippen LogP contribution in [0.1, 0.15) is 36.7 Å². The molecule has 1 aromatic carbocycles. The summed E-state index contributed by atoms with van der Waals surface area (Å²) in [4.78, 5) is 42.8. The minimum absolute atomic E-state index is 0.00813. The van der Waals surface area contributed by atoms with Gasteiger partial charge >= 0.3 is 12.1 Å². The molecular weight excluding hydrogens is 439 g/mol. The van der Waals surface area contributed by atoms with Gasteiger partial charge in [-0.2, -0.15) is 0 Å². The summed E-state index contributed by atoms with van der Waals surface area (Å²) in [6.45, 7) is 6.84. The van der Waals surface area contributed by atoms with Crippen molar-refractivity contribution in [3.8, 4) is 0 Å². The van der Waals surface area contributed by atoms with Crippen molar-refractivity contribution in [2.45, 2.75) is 33.3 Å². The molecule has 2 N–H and O–H groups in total. The second-order valence-electron chi connectivity index (χ2n) is 8.21. The fourth-order valence-corrected chi connectivity index (χ4v) is 3.91. The van der Waals surface area contributed by atoms with Crippen LogP contribution in [0.15, 0.2) is 23.0 Å². The van der Waals surface area contributed by atoms with Gasteiger partial charge in [-0.25, -0.2) is 19.0 Å². The molecule has 11 heteroatoms. The maximum atomic E-state index is 14.4. The highest BCUT2D eigenvalue weighted by Gasteiger charge is 2.28. The molecule has 9 nitrogen and oxygen atoms in total. The van der Waals surface area contributed by atoms with Crippen molar-refractivity contribution in [3.63, 3.8) is 0 Å². The molecule has 0 saturated heterocycles. The fourth-order valence-electron chi connectivity index (χ4n) is 2.91. The first-order valence-electron chi connectivity index (χ1n) is 9.57. The molecule has 0 radical (unpaired) electrons. The second-order valence-corrected chi connectivity index (χ2v) is 9.19. The maximum Gasteiger partial charge on any atom is 0.416 e. The summed E-state index contributed by atoms with van der Waals surface area (Å²) in [6, 6.07) is 4.39. The zero-order valence-corrected chi connectivity index (χ0v) is 19.3. The van der Waals surface area contributed by atoms with E-state index in [-0.39, 0.29) is 32.4 Å². The number of nitrogens with one attached hydrogen (secondary N) is 1. The van der Waals surface area contributed by atoms with Crippen LogP contribution in [0.4, 0.5) is 25.8 Å². The lowest BCUT2D eigenvalue weighted by Gasteiger charge is -2.23. The highest BCUT2D eigenvalue weighted by molar-refractivity contribution is 7.22. The Hall–Kier alpha value is -3.47. The lowest BCUT2D eigenvalue weighted by atomic mass is 10.2. The van der Waals surface area contributed by atoms with E-state index in [9.17, 15) is 23.9 Å². The van der Waals surface area contributed by atoms with Crippen LogP contribution < -0.4 is 15.8 Å². The summed E-state index contributed by atoms with van der Waals surface area (Å²) in [7, 11) is 2.79. The average Bonchev–Trinajstić information content (AvgIpc) is 3.10. The zero-order valence-electron chi connectivity index (χ0n) is 18.4. The Morgan fingerprint density at radius 3 is 2.53 bits per heavy atom. The number of hydrogen-bond acceptors (Lipinski definition) is 7. The van der Waals surface area contributed by atoms with Gasteiger partial charge in [-0.15, -0.1) is 0 Å². The molecule has 0 aliphatic heterocycles. The van der Waals surface area contributed by atoms with Crippen LogP contribution in [0.2, 0.25) is 0 Å². The third kappa shape index (κ3) is 4.42. The van der Waals surface area contributed by atoms with Crippen molar-refractivity contribution >= 4 is 50.3 Å². The van der Waals surface area contributed by atoms with Crippen LogP contribution in [-0.2, 0) is 11.8 Å². The number of rotatable bonds is 4. The smallest absolute Gasteiger partial charge is 0.416 e. The quantitative estimate of drug-likeness (QED) is 0.596. The highest BCUT2D eigenvalue weighted by atomic mass is 32.1. The number of carboxylic acid groups (broad SMARTS) is 1. The van der Waals surface area contributed by atoms with E-state index in [1.807, 2.05) is 0 Å². The van der Waals surface area contributed by atoms with E-state index in [0.29, 0.717) is 5.56 Å². The number of carbonyl (C=O) groups is 2. The van der Waals surface area contributed by atoms with E-state index < -0.39 is 29.0 Å². The van der Waals surface area contributed by atoms with E-state index in [2.05, 4.69) is 10.3 Å². The average molecular weight is 463 g/mol. The number of carbonyl (C=O) groups excluding carboxylic acids is 1. The molecule has 0 fully saturated rings. The number of nitrogens with zero attached hydrogens (tertiary/aromatic N) is 3. The van der Waals surface area contributed by atoms with Crippen LogP contribution in [0.5, 0.6) is 0 Å². The number of halogens is 1. The van der Waals surface area contributed by atoms with Crippen LogP contribution >= 0.6 is 11.3 Å². The molecule has 1 amide bonds. The van der Waals surface area contributed by atoms with Crippen LogP contribution in [-0.4, -0.2) is 39.4 Å². The van der Waals surface area contributed by atoms with E-state index in [0.717, 1.165) is 20.8 Å². The van der Waals surface area contributed by atoms with E-state index in [4.69, 9.17) is 4.74 Å². The van der Waals surface area contributed by atoms with E-state index in [1.54, 1.807) is 33.8 Å². The highest BCUT2D eigenvalue weighted by Crippen LogP contribution is 2.33. The molecule has 0 atom stereocenters. The van der Waals surface area contributed by atoms with Gasteiger partial charge in [-0.3, -0.25) is 14.3 Å². The number of aryl methyl sites for hydroxylation is 1. The molecule has 2 heterocycles. The topological polar surface area (TPSA) is 114 Å². The normalized spacial score (nSPS) is 11.5. The molecule has 0 aliphatic rings. The number of carboxylic acids is 1. The minimum Gasteiger partial charge on any atom is -0.477 e. The molecule has 0 spiro atoms. The van der Waals surface area contributed by atoms with E-state index in [1.165, 1.54) is 26.2 Å². The number of fused-ring (bicyclic) bond motifs is 1. The first-order chi connectivity index (χ1) is 14.8. The lowest BCUT2D eigenvalue weighted by molar-refractivity contribution is 0.0588. The van der Waals surface area contributed by atoms with Gasteiger partial charge in [0.1, 0.15) is 33.0 Å². The maximum absolute atomic E-state index is 14.4. The molecular formula is C21H23FN4O5S.